The molecule has 1 unspecified atom stereocenters. The predicted octanol–water partition coefficient (Wildman–Crippen LogP) is 5.29. The second-order valence-corrected chi connectivity index (χ2v) is 8.46. The van der Waals surface area contributed by atoms with Gasteiger partial charge in [-0.25, -0.2) is 4.39 Å². The highest BCUT2D eigenvalue weighted by molar-refractivity contribution is 6.46. The van der Waals surface area contributed by atoms with Crippen LogP contribution in [0.4, 0.5) is 4.39 Å². The van der Waals surface area contributed by atoms with E-state index in [-0.39, 0.29) is 17.4 Å². The number of ketones is 1. The predicted molar refractivity (Wildman–Crippen MR) is 120 cm³/mol. The molecule has 2 fully saturated rings. The summed E-state index contributed by atoms with van der Waals surface area (Å²) in [6, 6.07) is 10.1. The number of hydrogen-bond donors (Lipinski definition) is 1. The monoisotopic (exact) mass is 437 g/mol. The van der Waals surface area contributed by atoms with Gasteiger partial charge in [0, 0.05) is 11.6 Å². The van der Waals surface area contributed by atoms with Crippen molar-refractivity contribution in [2.75, 3.05) is 6.61 Å². The minimum absolute atomic E-state index is 0.0516. The maximum absolute atomic E-state index is 13.6. The van der Waals surface area contributed by atoms with Crippen LogP contribution in [-0.4, -0.2) is 34.3 Å². The standard InChI is InChI=1S/C26H28FNO4/c1-3-32-21-14-11-18(15-16(21)2)24(29)22-23(17-9-12-19(27)13-10-17)28(26(31)25(22)30)20-7-5-4-6-8-20/h9-15,20,23,29H,3-8H2,1-2H3/b24-22-. The number of ether oxygens (including phenoxy) is 1. The van der Waals surface area contributed by atoms with E-state index in [1.807, 2.05) is 13.8 Å². The number of halogens is 1. The number of hydrogen-bond acceptors (Lipinski definition) is 4. The normalized spacial score (nSPS) is 21.2. The number of likely N-dealkylation sites (tertiary alicyclic amines) is 1. The van der Waals surface area contributed by atoms with Gasteiger partial charge in [0.25, 0.3) is 11.7 Å². The van der Waals surface area contributed by atoms with Gasteiger partial charge in [-0.3, -0.25) is 9.59 Å². The first-order valence-corrected chi connectivity index (χ1v) is 11.2. The van der Waals surface area contributed by atoms with Crippen molar-refractivity contribution in [1.82, 2.24) is 4.90 Å². The van der Waals surface area contributed by atoms with Gasteiger partial charge in [0.1, 0.15) is 17.3 Å². The fraction of sp³-hybridized carbons (Fsp3) is 0.385. The van der Waals surface area contributed by atoms with E-state index >= 15 is 0 Å². The van der Waals surface area contributed by atoms with Crippen LogP contribution in [-0.2, 0) is 9.59 Å². The summed E-state index contributed by atoms with van der Waals surface area (Å²) in [5, 5.41) is 11.2. The summed E-state index contributed by atoms with van der Waals surface area (Å²) >= 11 is 0. The second-order valence-electron chi connectivity index (χ2n) is 8.46. The van der Waals surface area contributed by atoms with Crippen molar-refractivity contribution in [2.24, 2.45) is 0 Å². The number of benzene rings is 2. The van der Waals surface area contributed by atoms with Crippen LogP contribution < -0.4 is 4.74 Å². The average Bonchev–Trinajstić information content (AvgIpc) is 3.06. The highest BCUT2D eigenvalue weighted by Gasteiger charge is 2.48. The molecule has 5 nitrogen and oxygen atoms in total. The third kappa shape index (κ3) is 4.01. The van der Waals surface area contributed by atoms with Crippen molar-refractivity contribution in [2.45, 2.75) is 58.0 Å². The van der Waals surface area contributed by atoms with Gasteiger partial charge in [-0.1, -0.05) is 31.4 Å². The number of amides is 1. The molecule has 0 radical (unpaired) electrons. The smallest absolute Gasteiger partial charge is 0.295 e. The van der Waals surface area contributed by atoms with Crippen molar-refractivity contribution in [3.63, 3.8) is 0 Å². The highest BCUT2D eigenvalue weighted by Crippen LogP contribution is 2.43. The zero-order valence-electron chi connectivity index (χ0n) is 18.4. The van der Waals surface area contributed by atoms with Gasteiger partial charge in [-0.05, 0) is 68.1 Å². The largest absolute Gasteiger partial charge is 0.507 e. The lowest BCUT2D eigenvalue weighted by molar-refractivity contribution is -0.141. The number of aryl methyl sites for hydroxylation is 1. The van der Waals surface area contributed by atoms with Gasteiger partial charge < -0.3 is 14.7 Å². The maximum Gasteiger partial charge on any atom is 0.295 e. The van der Waals surface area contributed by atoms with E-state index in [4.69, 9.17) is 4.74 Å². The number of rotatable bonds is 5. The van der Waals surface area contributed by atoms with Crippen LogP contribution in [0.3, 0.4) is 0 Å². The third-order valence-electron chi connectivity index (χ3n) is 6.38. The molecule has 2 aliphatic rings. The van der Waals surface area contributed by atoms with Crippen molar-refractivity contribution in [3.8, 4) is 5.75 Å². The topological polar surface area (TPSA) is 66.8 Å². The van der Waals surface area contributed by atoms with Crippen LogP contribution in [0, 0.1) is 12.7 Å². The summed E-state index contributed by atoms with van der Waals surface area (Å²) < 4.78 is 19.2. The average molecular weight is 438 g/mol. The Bertz CT molecular complexity index is 1050. The molecule has 6 heteroatoms. The number of aliphatic hydroxyl groups is 1. The molecule has 168 valence electrons. The molecular weight excluding hydrogens is 409 g/mol. The van der Waals surface area contributed by atoms with E-state index < -0.39 is 23.5 Å². The van der Waals surface area contributed by atoms with Crippen molar-refractivity contribution in [1.29, 1.82) is 0 Å². The summed E-state index contributed by atoms with van der Waals surface area (Å²) in [4.78, 5) is 27.9. The molecule has 1 aliphatic carbocycles. The molecule has 1 saturated carbocycles. The van der Waals surface area contributed by atoms with Gasteiger partial charge in [0.15, 0.2) is 0 Å². The number of carbonyl (C=O) groups is 2. The van der Waals surface area contributed by atoms with Crippen LogP contribution >= 0.6 is 0 Å². The molecular formula is C26H28FNO4. The fourth-order valence-electron chi connectivity index (χ4n) is 4.83. The van der Waals surface area contributed by atoms with Crippen LogP contribution in [0.1, 0.15) is 61.8 Å². The van der Waals surface area contributed by atoms with Crippen LogP contribution in [0.15, 0.2) is 48.0 Å². The summed E-state index contributed by atoms with van der Waals surface area (Å²) in [5.41, 5.74) is 1.92. The van der Waals surface area contributed by atoms with Crippen molar-refractivity contribution in [3.05, 3.63) is 70.5 Å². The van der Waals surface area contributed by atoms with Crippen molar-refractivity contribution < 1.29 is 23.8 Å². The highest BCUT2D eigenvalue weighted by atomic mass is 19.1. The van der Waals surface area contributed by atoms with E-state index in [1.54, 1.807) is 35.2 Å². The minimum atomic E-state index is -0.745. The Balaban J connectivity index is 1.84. The Morgan fingerprint density at radius 3 is 2.41 bits per heavy atom. The number of aliphatic hydroxyl groups excluding tert-OH is 1. The molecule has 2 aromatic rings. The molecule has 2 aromatic carbocycles. The maximum atomic E-state index is 13.6. The Morgan fingerprint density at radius 1 is 1.09 bits per heavy atom. The number of Topliss-reactive ketones (excluding diaryl/α,β-unsaturated/α-hetero) is 1. The molecule has 1 aliphatic heterocycles. The van der Waals surface area contributed by atoms with Gasteiger partial charge in [-0.2, -0.15) is 0 Å². The van der Waals surface area contributed by atoms with E-state index in [2.05, 4.69) is 0 Å². The fourth-order valence-corrected chi connectivity index (χ4v) is 4.83. The summed E-state index contributed by atoms with van der Waals surface area (Å²) in [6.45, 7) is 4.27. The van der Waals surface area contributed by atoms with Crippen LogP contribution in [0.25, 0.3) is 5.76 Å². The molecule has 1 N–H and O–H groups in total. The Kier molecular flexibility index (Phi) is 6.31. The Morgan fingerprint density at radius 2 is 1.78 bits per heavy atom. The Labute approximate surface area is 187 Å². The lowest BCUT2D eigenvalue weighted by atomic mass is 9.91. The lowest BCUT2D eigenvalue weighted by Crippen LogP contribution is -2.40. The third-order valence-corrected chi connectivity index (χ3v) is 6.38. The zero-order chi connectivity index (χ0) is 22.8. The molecule has 0 spiro atoms. The molecule has 1 heterocycles. The first-order chi connectivity index (χ1) is 15.4. The molecule has 0 aromatic heterocycles. The molecule has 1 atom stereocenters. The van der Waals surface area contributed by atoms with E-state index in [0.29, 0.717) is 23.5 Å². The molecule has 32 heavy (non-hydrogen) atoms. The molecule has 0 bridgehead atoms. The SMILES string of the molecule is CCOc1ccc(/C(O)=C2/C(=O)C(=O)N(C3CCCCC3)C2c2ccc(F)cc2)cc1C. The van der Waals surface area contributed by atoms with E-state index in [0.717, 1.165) is 37.7 Å². The van der Waals surface area contributed by atoms with Crippen LogP contribution in [0.2, 0.25) is 0 Å². The first-order valence-electron chi connectivity index (χ1n) is 11.2. The zero-order valence-corrected chi connectivity index (χ0v) is 18.4. The van der Waals surface area contributed by atoms with Gasteiger partial charge >= 0.3 is 0 Å². The second kappa shape index (κ2) is 9.15. The van der Waals surface area contributed by atoms with Gasteiger partial charge in [-0.15, -0.1) is 0 Å². The van der Waals surface area contributed by atoms with Gasteiger partial charge in [0.2, 0.25) is 0 Å². The van der Waals surface area contributed by atoms with E-state index in [1.165, 1.54) is 12.1 Å². The van der Waals surface area contributed by atoms with Crippen LogP contribution in [0.5, 0.6) is 5.75 Å². The molecule has 1 saturated heterocycles. The number of carbonyl (C=O) groups excluding carboxylic acids is 2. The molecule has 1 amide bonds. The lowest BCUT2D eigenvalue weighted by Gasteiger charge is -2.35. The first kappa shape index (κ1) is 22.1. The van der Waals surface area contributed by atoms with Crippen molar-refractivity contribution >= 4 is 17.4 Å². The summed E-state index contributed by atoms with van der Waals surface area (Å²) in [5.74, 6) is -1.22. The van der Waals surface area contributed by atoms with Gasteiger partial charge in [0.05, 0.1) is 18.2 Å². The summed E-state index contributed by atoms with van der Waals surface area (Å²) in [6.07, 6.45) is 4.71. The number of nitrogens with zero attached hydrogens (tertiary/aromatic N) is 1. The Hall–Kier alpha value is -3.15. The summed E-state index contributed by atoms with van der Waals surface area (Å²) in [7, 11) is 0. The molecule has 4 rings (SSSR count). The minimum Gasteiger partial charge on any atom is -0.507 e. The van der Waals surface area contributed by atoms with E-state index in [9.17, 15) is 19.1 Å². The quantitative estimate of drug-likeness (QED) is 0.392.